The molecule has 0 unspecified atom stereocenters. The molecule has 1 aliphatic heterocycles. The molecule has 2 amide bonds. The highest BCUT2D eigenvalue weighted by Gasteiger charge is 2.30. The Morgan fingerprint density at radius 3 is 2.39 bits per heavy atom. The molecule has 1 saturated heterocycles. The monoisotopic (exact) mass is 418 g/mol. The van der Waals surface area contributed by atoms with E-state index in [0.29, 0.717) is 30.1 Å². The molecule has 3 aromatic rings. The van der Waals surface area contributed by atoms with Gasteiger partial charge in [-0.2, -0.15) is 0 Å². The number of piperidine rings is 1. The van der Waals surface area contributed by atoms with Gasteiger partial charge < -0.3 is 19.7 Å². The first-order valence-corrected chi connectivity index (χ1v) is 10.4. The highest BCUT2D eigenvalue weighted by Crippen LogP contribution is 2.30. The first-order valence-electron chi connectivity index (χ1n) is 10.4. The molecule has 0 saturated carbocycles. The maximum atomic E-state index is 13.4. The second kappa shape index (κ2) is 9.08. The van der Waals surface area contributed by atoms with Crippen LogP contribution in [-0.4, -0.2) is 44.0 Å². The predicted octanol–water partition coefficient (Wildman–Crippen LogP) is 4.35. The Morgan fingerprint density at radius 2 is 1.61 bits per heavy atom. The van der Waals surface area contributed by atoms with E-state index in [9.17, 15) is 9.59 Å². The normalized spacial score (nSPS) is 16.1. The molecule has 1 aliphatic rings. The summed E-state index contributed by atoms with van der Waals surface area (Å²) in [5.74, 6) is 0.923. The highest BCUT2D eigenvalue weighted by atomic mass is 16.5. The Bertz CT molecular complexity index is 1110. The average molecular weight is 418 g/mol. The second-order valence-electron chi connectivity index (χ2n) is 7.64. The number of ether oxygens (including phenoxy) is 2. The molecule has 1 atom stereocenters. The number of hydrogen-bond acceptors (Lipinski definition) is 4. The number of nitrogens with zero attached hydrogens (tertiary/aromatic N) is 1. The first-order chi connectivity index (χ1) is 15.1. The summed E-state index contributed by atoms with van der Waals surface area (Å²) in [6, 6.07) is 18.7. The van der Waals surface area contributed by atoms with E-state index in [1.807, 2.05) is 54.6 Å². The molecule has 160 valence electrons. The van der Waals surface area contributed by atoms with Crippen LogP contribution in [-0.2, 0) is 4.79 Å². The molecule has 6 nitrogen and oxygen atoms in total. The van der Waals surface area contributed by atoms with E-state index in [0.717, 1.165) is 29.4 Å². The summed E-state index contributed by atoms with van der Waals surface area (Å²) < 4.78 is 10.8. The lowest BCUT2D eigenvalue weighted by Gasteiger charge is -2.32. The molecule has 1 fully saturated rings. The number of carbonyl (C=O) groups excluding carboxylic acids is 2. The van der Waals surface area contributed by atoms with Crippen molar-refractivity contribution in [1.29, 1.82) is 0 Å². The lowest BCUT2D eigenvalue weighted by atomic mass is 9.95. The van der Waals surface area contributed by atoms with Gasteiger partial charge in [-0.25, -0.2) is 0 Å². The number of benzene rings is 3. The lowest BCUT2D eigenvalue weighted by molar-refractivity contribution is -0.121. The van der Waals surface area contributed by atoms with Crippen LogP contribution in [0.3, 0.4) is 0 Å². The molecule has 1 N–H and O–H groups in total. The average Bonchev–Trinajstić information content (AvgIpc) is 2.83. The Morgan fingerprint density at radius 1 is 0.903 bits per heavy atom. The van der Waals surface area contributed by atoms with E-state index in [1.54, 1.807) is 25.2 Å². The van der Waals surface area contributed by atoms with Gasteiger partial charge in [0, 0.05) is 24.0 Å². The second-order valence-corrected chi connectivity index (χ2v) is 7.64. The minimum atomic E-state index is -0.271. The van der Waals surface area contributed by atoms with Crippen LogP contribution in [0.25, 0.3) is 10.8 Å². The quantitative estimate of drug-likeness (QED) is 0.669. The number of fused-ring (bicyclic) bond motifs is 1. The van der Waals surface area contributed by atoms with Crippen molar-refractivity contribution in [3.05, 3.63) is 66.2 Å². The van der Waals surface area contributed by atoms with Gasteiger partial charge in [-0.3, -0.25) is 9.59 Å². The fraction of sp³-hybridized carbons (Fsp3) is 0.280. The van der Waals surface area contributed by atoms with Gasteiger partial charge in [0.25, 0.3) is 5.91 Å². The van der Waals surface area contributed by atoms with Crippen LogP contribution in [0.4, 0.5) is 5.69 Å². The largest absolute Gasteiger partial charge is 0.496 e. The fourth-order valence-electron chi connectivity index (χ4n) is 4.16. The molecule has 0 bridgehead atoms. The van der Waals surface area contributed by atoms with Crippen LogP contribution in [0.15, 0.2) is 60.7 Å². The first kappa shape index (κ1) is 20.7. The van der Waals surface area contributed by atoms with Crippen LogP contribution < -0.4 is 14.8 Å². The lowest BCUT2D eigenvalue weighted by Crippen LogP contribution is -2.43. The summed E-state index contributed by atoms with van der Waals surface area (Å²) in [7, 11) is 3.20. The van der Waals surface area contributed by atoms with Crippen molar-refractivity contribution in [2.45, 2.75) is 12.8 Å². The van der Waals surface area contributed by atoms with Gasteiger partial charge >= 0.3 is 0 Å². The SMILES string of the molecule is COc1ccccc1NC(=O)[C@H]1CCCN(C(=O)c2ccc(OC)c3ccccc23)C1. The van der Waals surface area contributed by atoms with E-state index >= 15 is 0 Å². The van der Waals surface area contributed by atoms with Crippen LogP contribution in [0.2, 0.25) is 0 Å². The zero-order valence-corrected chi connectivity index (χ0v) is 17.8. The molecule has 0 radical (unpaired) electrons. The van der Waals surface area contributed by atoms with Gasteiger partial charge in [0.05, 0.1) is 25.8 Å². The third-order valence-corrected chi connectivity index (χ3v) is 5.78. The number of likely N-dealkylation sites (tertiary alicyclic amines) is 1. The zero-order valence-electron chi connectivity index (χ0n) is 17.8. The topological polar surface area (TPSA) is 67.9 Å². The number of methoxy groups -OCH3 is 2. The van der Waals surface area contributed by atoms with Crippen molar-refractivity contribution < 1.29 is 19.1 Å². The zero-order chi connectivity index (χ0) is 21.8. The van der Waals surface area contributed by atoms with E-state index in [-0.39, 0.29) is 17.7 Å². The molecule has 1 heterocycles. The molecule has 0 aliphatic carbocycles. The minimum absolute atomic E-state index is 0.0614. The van der Waals surface area contributed by atoms with E-state index in [4.69, 9.17) is 9.47 Å². The van der Waals surface area contributed by atoms with Crippen LogP contribution in [0.1, 0.15) is 23.2 Å². The summed E-state index contributed by atoms with van der Waals surface area (Å²) in [5, 5.41) is 4.71. The van der Waals surface area contributed by atoms with E-state index in [1.165, 1.54) is 0 Å². The van der Waals surface area contributed by atoms with Gasteiger partial charge in [-0.1, -0.05) is 36.4 Å². The number of para-hydroxylation sites is 2. The number of nitrogens with one attached hydrogen (secondary N) is 1. The van der Waals surface area contributed by atoms with Crippen LogP contribution in [0, 0.1) is 5.92 Å². The van der Waals surface area contributed by atoms with E-state index in [2.05, 4.69) is 5.32 Å². The number of rotatable bonds is 5. The van der Waals surface area contributed by atoms with Crippen LogP contribution in [0.5, 0.6) is 11.5 Å². The summed E-state index contributed by atoms with van der Waals surface area (Å²) in [5.41, 5.74) is 1.27. The number of carbonyl (C=O) groups is 2. The number of anilines is 1. The standard InChI is InChI=1S/C25H26N2O4/c1-30-22-14-13-20(18-9-3-4-10-19(18)22)25(29)27-15-7-8-17(16-27)24(28)26-21-11-5-6-12-23(21)31-2/h3-6,9-14,17H,7-8,15-16H2,1-2H3,(H,26,28)/t17-/m0/s1. The highest BCUT2D eigenvalue weighted by molar-refractivity contribution is 6.08. The maximum Gasteiger partial charge on any atom is 0.254 e. The summed E-state index contributed by atoms with van der Waals surface area (Å²) in [6.45, 7) is 1.03. The molecule has 3 aromatic carbocycles. The molecule has 31 heavy (non-hydrogen) atoms. The Hall–Kier alpha value is -3.54. The summed E-state index contributed by atoms with van der Waals surface area (Å²) >= 11 is 0. The van der Waals surface area contributed by atoms with Crippen molar-refractivity contribution >= 4 is 28.3 Å². The third kappa shape index (κ3) is 4.19. The molecule has 4 rings (SSSR count). The van der Waals surface area contributed by atoms with Crippen molar-refractivity contribution in [3.63, 3.8) is 0 Å². The molecular weight excluding hydrogens is 392 g/mol. The van der Waals surface area contributed by atoms with Crippen molar-refractivity contribution in [2.75, 3.05) is 32.6 Å². The van der Waals surface area contributed by atoms with Crippen LogP contribution >= 0.6 is 0 Å². The minimum Gasteiger partial charge on any atom is -0.496 e. The molecular formula is C25H26N2O4. The van der Waals surface area contributed by atoms with Crippen molar-refractivity contribution in [3.8, 4) is 11.5 Å². The Balaban J connectivity index is 1.53. The fourth-order valence-corrected chi connectivity index (χ4v) is 4.16. The molecule has 6 heteroatoms. The van der Waals surface area contributed by atoms with Gasteiger partial charge in [-0.05, 0) is 42.5 Å². The van der Waals surface area contributed by atoms with E-state index < -0.39 is 0 Å². The van der Waals surface area contributed by atoms with Gasteiger partial charge in [0.2, 0.25) is 5.91 Å². The van der Waals surface area contributed by atoms with Crippen molar-refractivity contribution in [2.24, 2.45) is 5.92 Å². The van der Waals surface area contributed by atoms with Gasteiger partial charge in [0.1, 0.15) is 11.5 Å². The Kier molecular flexibility index (Phi) is 6.07. The third-order valence-electron chi connectivity index (χ3n) is 5.78. The Labute approximate surface area is 181 Å². The van der Waals surface area contributed by atoms with Gasteiger partial charge in [-0.15, -0.1) is 0 Å². The number of amides is 2. The molecule has 0 spiro atoms. The predicted molar refractivity (Wildman–Crippen MR) is 121 cm³/mol. The smallest absolute Gasteiger partial charge is 0.254 e. The maximum absolute atomic E-state index is 13.4. The van der Waals surface area contributed by atoms with Gasteiger partial charge in [0.15, 0.2) is 0 Å². The molecule has 0 aromatic heterocycles. The summed E-state index contributed by atoms with van der Waals surface area (Å²) in [4.78, 5) is 28.1. The summed E-state index contributed by atoms with van der Waals surface area (Å²) in [6.07, 6.45) is 1.53. The van der Waals surface area contributed by atoms with Crippen molar-refractivity contribution in [1.82, 2.24) is 4.90 Å². The number of hydrogen-bond donors (Lipinski definition) is 1.